The maximum Gasteiger partial charge on any atom is 0.319 e. The van der Waals surface area contributed by atoms with Crippen molar-refractivity contribution in [2.24, 2.45) is 5.41 Å². The number of nitrogens with one attached hydrogen (secondary N) is 2. The van der Waals surface area contributed by atoms with Crippen molar-refractivity contribution in [2.75, 3.05) is 18.4 Å². The fourth-order valence-electron chi connectivity index (χ4n) is 4.70. The number of aromatic nitrogens is 2. The fraction of sp³-hybridized carbons (Fsp3) is 0.381. The maximum atomic E-state index is 13.3. The molecule has 1 aromatic carbocycles. The number of nitro groups is 1. The van der Waals surface area contributed by atoms with Gasteiger partial charge in [0.05, 0.1) is 16.4 Å². The Kier molecular flexibility index (Phi) is 4.55. The highest BCUT2D eigenvalue weighted by Crippen LogP contribution is 2.52. The molecule has 2 aromatic rings. The second-order valence-corrected chi connectivity index (χ2v) is 9.52. The summed E-state index contributed by atoms with van der Waals surface area (Å²) in [7, 11) is 0. The molecule has 11 heteroatoms. The Morgan fingerprint density at radius 2 is 2.03 bits per heavy atom. The molecule has 10 nitrogen and oxygen atoms in total. The van der Waals surface area contributed by atoms with Gasteiger partial charge in [0.15, 0.2) is 16.7 Å². The van der Waals surface area contributed by atoms with Gasteiger partial charge in [0.2, 0.25) is 12.5 Å². The molecule has 0 bridgehead atoms. The molecule has 0 saturated heterocycles. The van der Waals surface area contributed by atoms with Crippen LogP contribution in [-0.2, 0) is 4.79 Å². The molecule has 0 amide bonds. The molecule has 1 aliphatic carbocycles. The molecule has 5 rings (SSSR count). The number of carbonyl (C=O) groups excluding carboxylic acids is 1. The number of aromatic amines is 1. The van der Waals surface area contributed by atoms with E-state index in [2.05, 4.69) is 15.3 Å². The number of thioether (sulfide) groups is 1. The van der Waals surface area contributed by atoms with Crippen molar-refractivity contribution >= 4 is 29.1 Å². The van der Waals surface area contributed by atoms with Gasteiger partial charge in [-0.15, -0.1) is 0 Å². The summed E-state index contributed by atoms with van der Waals surface area (Å²) in [4.78, 5) is 45.2. The highest BCUT2D eigenvalue weighted by atomic mass is 32.2. The second kappa shape index (κ2) is 7.09. The van der Waals surface area contributed by atoms with E-state index >= 15 is 0 Å². The summed E-state index contributed by atoms with van der Waals surface area (Å²) in [5.41, 5.74) is 0.325. The molecule has 0 fully saturated rings. The first-order chi connectivity index (χ1) is 15.2. The van der Waals surface area contributed by atoms with Crippen LogP contribution < -0.4 is 20.3 Å². The van der Waals surface area contributed by atoms with Gasteiger partial charge in [-0.25, -0.2) is 4.98 Å². The Bertz CT molecular complexity index is 1280. The average Bonchev–Trinajstić information content (AvgIpc) is 3.18. The van der Waals surface area contributed by atoms with Crippen LogP contribution in [0.25, 0.3) is 0 Å². The molecule has 1 aromatic heterocycles. The lowest BCUT2D eigenvalue weighted by atomic mass is 9.69. The number of anilines is 1. The molecule has 1 atom stereocenters. The van der Waals surface area contributed by atoms with Gasteiger partial charge in [-0.05, 0) is 30.2 Å². The van der Waals surface area contributed by atoms with E-state index in [1.54, 1.807) is 12.3 Å². The lowest BCUT2D eigenvalue weighted by Gasteiger charge is -2.38. The van der Waals surface area contributed by atoms with E-state index in [1.807, 2.05) is 13.8 Å². The zero-order chi connectivity index (χ0) is 22.8. The number of nitro benzene ring substituents is 1. The summed E-state index contributed by atoms with van der Waals surface area (Å²) < 4.78 is 10.7. The van der Waals surface area contributed by atoms with E-state index in [0.717, 1.165) is 0 Å². The van der Waals surface area contributed by atoms with Crippen molar-refractivity contribution < 1.29 is 19.2 Å². The quantitative estimate of drug-likeness (QED) is 0.308. The highest BCUT2D eigenvalue weighted by Gasteiger charge is 2.45. The van der Waals surface area contributed by atoms with Gasteiger partial charge < -0.3 is 19.8 Å². The van der Waals surface area contributed by atoms with Gasteiger partial charge in [-0.3, -0.25) is 19.7 Å². The molecule has 2 N–H and O–H groups in total. The summed E-state index contributed by atoms with van der Waals surface area (Å²) in [6, 6.07) is 3.10. The summed E-state index contributed by atoms with van der Waals surface area (Å²) in [5.74, 6) is -0.543. The minimum absolute atomic E-state index is 0.00319. The van der Waals surface area contributed by atoms with Gasteiger partial charge in [-0.1, -0.05) is 25.6 Å². The van der Waals surface area contributed by atoms with Crippen molar-refractivity contribution in [3.63, 3.8) is 0 Å². The average molecular weight is 456 g/mol. The van der Waals surface area contributed by atoms with Crippen LogP contribution in [0.5, 0.6) is 11.5 Å². The Labute approximate surface area is 186 Å². The number of carbonyl (C=O) groups is 1. The van der Waals surface area contributed by atoms with Gasteiger partial charge in [-0.2, -0.15) is 0 Å². The molecule has 32 heavy (non-hydrogen) atoms. The summed E-state index contributed by atoms with van der Waals surface area (Å²) in [5, 5.41) is 15.7. The van der Waals surface area contributed by atoms with Gasteiger partial charge in [0.25, 0.3) is 5.56 Å². The third kappa shape index (κ3) is 3.07. The zero-order valence-electron chi connectivity index (χ0n) is 17.6. The van der Waals surface area contributed by atoms with E-state index in [4.69, 9.17) is 9.47 Å². The third-order valence-corrected chi connectivity index (χ3v) is 6.51. The first-order valence-corrected chi connectivity index (χ1v) is 11.2. The number of ether oxygens (including phenoxy) is 2. The summed E-state index contributed by atoms with van der Waals surface area (Å²) in [6.45, 7) is 3.84. The lowest BCUT2D eigenvalue weighted by Crippen LogP contribution is -2.37. The van der Waals surface area contributed by atoms with Gasteiger partial charge in [0.1, 0.15) is 5.82 Å². The highest BCUT2D eigenvalue weighted by molar-refractivity contribution is 7.98. The topological polar surface area (TPSA) is 136 Å². The van der Waals surface area contributed by atoms with Crippen molar-refractivity contribution in [2.45, 2.75) is 37.8 Å². The van der Waals surface area contributed by atoms with Gasteiger partial charge >= 0.3 is 5.69 Å². The van der Waals surface area contributed by atoms with Crippen LogP contribution in [0.1, 0.15) is 43.7 Å². The first-order valence-electron chi connectivity index (χ1n) is 9.98. The number of H-pyrrole nitrogens is 1. The lowest BCUT2D eigenvalue weighted by molar-refractivity contribution is -0.386. The van der Waals surface area contributed by atoms with Crippen LogP contribution in [0.4, 0.5) is 11.5 Å². The Morgan fingerprint density at radius 1 is 1.25 bits per heavy atom. The van der Waals surface area contributed by atoms with Crippen LogP contribution >= 0.6 is 11.8 Å². The molecule has 0 radical (unpaired) electrons. The molecule has 0 spiro atoms. The smallest absolute Gasteiger partial charge is 0.319 e. The van der Waals surface area contributed by atoms with Crippen LogP contribution in [0.2, 0.25) is 0 Å². The van der Waals surface area contributed by atoms with Crippen molar-refractivity contribution in [3.05, 3.63) is 55.0 Å². The number of benzene rings is 1. The molecule has 3 aliphatic rings. The first kappa shape index (κ1) is 20.6. The number of allylic oxidation sites excluding steroid dienone is 2. The van der Waals surface area contributed by atoms with Crippen LogP contribution in [0.15, 0.2) is 33.4 Å². The monoisotopic (exact) mass is 456 g/mol. The second-order valence-electron chi connectivity index (χ2n) is 8.72. The fourth-order valence-corrected chi connectivity index (χ4v) is 5.07. The number of ketones is 1. The van der Waals surface area contributed by atoms with Gasteiger partial charge in [0, 0.05) is 23.3 Å². The number of hydrogen-bond acceptors (Lipinski definition) is 9. The van der Waals surface area contributed by atoms with E-state index < -0.39 is 16.4 Å². The molecular formula is C21H20N4O6S. The Balaban J connectivity index is 1.83. The standard InChI is InChI=1S/C21H20N4O6S/c1-21(2)6-10-14(11(26)7-21)13(15-18(22-10)23-20(32-3)24-19(15)27)9-4-5-12-17(31-8-30-12)16(9)25(28)29/h4-5,13H,6-8H2,1-3H3,(H2,22,23,24,27)/t13-/m1/s1. The van der Waals surface area contributed by atoms with Crippen molar-refractivity contribution in [1.82, 2.24) is 9.97 Å². The Morgan fingerprint density at radius 3 is 2.75 bits per heavy atom. The number of nitrogens with zero attached hydrogens (tertiary/aromatic N) is 2. The predicted octanol–water partition coefficient (Wildman–Crippen LogP) is 3.33. The van der Waals surface area contributed by atoms with E-state index in [1.165, 1.54) is 17.8 Å². The minimum atomic E-state index is -0.952. The molecule has 0 unspecified atom stereocenters. The number of fused-ring (bicyclic) bond motifs is 2. The number of rotatable bonds is 3. The normalized spacial score (nSPS) is 20.5. The molecule has 0 saturated carbocycles. The summed E-state index contributed by atoms with van der Waals surface area (Å²) in [6.07, 6.45) is 2.60. The SMILES string of the molecule is CSc1nc2c(c(=O)[nH]1)[C@H](c1ccc3c(c1[N+](=O)[O-])OCO3)C1=C(CC(C)(C)CC1=O)N2. The van der Waals surface area contributed by atoms with Crippen LogP contribution in [-0.4, -0.2) is 33.7 Å². The van der Waals surface area contributed by atoms with Crippen molar-refractivity contribution in [3.8, 4) is 11.5 Å². The number of hydrogen-bond donors (Lipinski definition) is 2. The maximum absolute atomic E-state index is 13.3. The van der Waals surface area contributed by atoms with Crippen LogP contribution in [0, 0.1) is 15.5 Å². The van der Waals surface area contributed by atoms with E-state index in [0.29, 0.717) is 28.7 Å². The summed E-state index contributed by atoms with van der Waals surface area (Å²) >= 11 is 1.27. The van der Waals surface area contributed by atoms with Crippen molar-refractivity contribution in [1.29, 1.82) is 0 Å². The Hall–Kier alpha value is -3.34. The van der Waals surface area contributed by atoms with Crippen LogP contribution in [0.3, 0.4) is 0 Å². The molecule has 2 aliphatic heterocycles. The van der Waals surface area contributed by atoms with E-state index in [-0.39, 0.29) is 52.7 Å². The molecular weight excluding hydrogens is 436 g/mol. The zero-order valence-corrected chi connectivity index (χ0v) is 18.4. The largest absolute Gasteiger partial charge is 0.453 e. The number of Topliss-reactive ketones (excluding diaryl/α,β-unsaturated/α-hetero) is 1. The molecule has 3 heterocycles. The third-order valence-electron chi connectivity index (χ3n) is 5.93. The molecule has 166 valence electrons. The predicted molar refractivity (Wildman–Crippen MR) is 116 cm³/mol. The minimum Gasteiger partial charge on any atom is -0.453 e. The van der Waals surface area contributed by atoms with E-state index in [9.17, 15) is 19.7 Å².